The van der Waals surface area contributed by atoms with Gasteiger partial charge in [0, 0.05) is 31.5 Å². The van der Waals surface area contributed by atoms with Gasteiger partial charge in [-0.3, -0.25) is 4.79 Å². The molecule has 1 aliphatic rings. The summed E-state index contributed by atoms with van der Waals surface area (Å²) < 4.78 is 32.1. The fourth-order valence-electron chi connectivity index (χ4n) is 2.47. The number of nitrogens with two attached hydrogens (primary N) is 1. The highest BCUT2D eigenvalue weighted by Crippen LogP contribution is 2.31. The fraction of sp³-hybridized carbons (Fsp3) is 0.412. The van der Waals surface area contributed by atoms with Gasteiger partial charge in [0.05, 0.1) is 11.8 Å². The van der Waals surface area contributed by atoms with Gasteiger partial charge < -0.3 is 15.5 Å². The Morgan fingerprint density at radius 2 is 2.21 bits per heavy atom. The standard InChI is InChI=1S/C17H19F2N3O2/c18-11-3-4-12(13(19)7-11)15-9-22-17(24-15)6-5-16(23)21-8-14(20)10-1-2-10/h3-4,7,9-10,14H,1-2,5-6,8,20H2,(H,21,23). The van der Waals surface area contributed by atoms with Crippen LogP contribution in [0.25, 0.3) is 11.3 Å². The third-order valence-electron chi connectivity index (χ3n) is 4.08. The molecule has 2 aromatic rings. The van der Waals surface area contributed by atoms with Crippen molar-refractivity contribution in [1.82, 2.24) is 10.3 Å². The molecule has 1 amide bonds. The molecule has 1 aromatic heterocycles. The lowest BCUT2D eigenvalue weighted by Gasteiger charge is -2.10. The van der Waals surface area contributed by atoms with Crippen LogP contribution in [-0.2, 0) is 11.2 Å². The van der Waals surface area contributed by atoms with Gasteiger partial charge in [-0.1, -0.05) is 0 Å². The average Bonchev–Trinajstić information content (AvgIpc) is 3.30. The number of aryl methyl sites for hydroxylation is 1. The number of rotatable bonds is 7. The first-order valence-corrected chi connectivity index (χ1v) is 7.95. The van der Waals surface area contributed by atoms with Crippen molar-refractivity contribution in [3.05, 3.63) is 41.9 Å². The van der Waals surface area contributed by atoms with E-state index in [0.717, 1.165) is 25.0 Å². The van der Waals surface area contributed by atoms with E-state index in [4.69, 9.17) is 10.2 Å². The molecule has 3 N–H and O–H groups in total. The van der Waals surface area contributed by atoms with Crippen molar-refractivity contribution in [2.45, 2.75) is 31.7 Å². The SMILES string of the molecule is NC(CNC(=O)CCc1ncc(-c2ccc(F)cc2F)o1)C1CC1. The number of carbonyl (C=O) groups is 1. The van der Waals surface area contributed by atoms with E-state index < -0.39 is 11.6 Å². The number of benzene rings is 1. The van der Waals surface area contributed by atoms with E-state index in [0.29, 0.717) is 24.8 Å². The van der Waals surface area contributed by atoms with Crippen LogP contribution >= 0.6 is 0 Å². The van der Waals surface area contributed by atoms with Gasteiger partial charge in [0.1, 0.15) is 11.6 Å². The summed E-state index contributed by atoms with van der Waals surface area (Å²) in [5.41, 5.74) is 6.05. The molecular weight excluding hydrogens is 316 g/mol. The summed E-state index contributed by atoms with van der Waals surface area (Å²) in [7, 11) is 0. The van der Waals surface area contributed by atoms with Crippen molar-refractivity contribution in [3.8, 4) is 11.3 Å². The lowest BCUT2D eigenvalue weighted by Crippen LogP contribution is -2.38. The minimum absolute atomic E-state index is 0.0174. The number of amides is 1. The maximum atomic E-state index is 13.7. The minimum Gasteiger partial charge on any atom is -0.441 e. The fourth-order valence-corrected chi connectivity index (χ4v) is 2.47. The van der Waals surface area contributed by atoms with E-state index in [1.165, 1.54) is 12.3 Å². The summed E-state index contributed by atoms with van der Waals surface area (Å²) in [6.07, 6.45) is 4.15. The van der Waals surface area contributed by atoms with Crippen molar-refractivity contribution in [2.75, 3.05) is 6.54 Å². The zero-order valence-electron chi connectivity index (χ0n) is 13.1. The Bertz CT molecular complexity index is 728. The van der Waals surface area contributed by atoms with Crippen molar-refractivity contribution in [2.24, 2.45) is 11.7 Å². The number of oxazole rings is 1. The topological polar surface area (TPSA) is 81.1 Å². The second-order valence-electron chi connectivity index (χ2n) is 6.05. The van der Waals surface area contributed by atoms with Crippen LogP contribution in [-0.4, -0.2) is 23.5 Å². The minimum atomic E-state index is -0.718. The molecule has 5 nitrogen and oxygen atoms in total. The van der Waals surface area contributed by atoms with E-state index >= 15 is 0 Å². The van der Waals surface area contributed by atoms with E-state index in [1.807, 2.05) is 0 Å². The van der Waals surface area contributed by atoms with Crippen molar-refractivity contribution in [3.63, 3.8) is 0 Å². The first-order valence-electron chi connectivity index (χ1n) is 7.95. The molecule has 1 unspecified atom stereocenters. The van der Waals surface area contributed by atoms with Crippen molar-refractivity contribution in [1.29, 1.82) is 0 Å². The summed E-state index contributed by atoms with van der Waals surface area (Å²) in [5, 5.41) is 2.79. The molecule has 0 saturated heterocycles. The monoisotopic (exact) mass is 335 g/mol. The molecule has 1 heterocycles. The predicted octanol–water partition coefficient (Wildman–Crippen LogP) is 2.41. The largest absolute Gasteiger partial charge is 0.441 e. The predicted molar refractivity (Wildman–Crippen MR) is 83.9 cm³/mol. The molecule has 128 valence electrons. The summed E-state index contributed by atoms with van der Waals surface area (Å²) in [6, 6.07) is 3.25. The number of carbonyl (C=O) groups excluding carboxylic acids is 1. The summed E-state index contributed by atoms with van der Waals surface area (Å²) in [4.78, 5) is 15.8. The summed E-state index contributed by atoms with van der Waals surface area (Å²) in [6.45, 7) is 0.473. The van der Waals surface area contributed by atoms with Crippen LogP contribution in [0.3, 0.4) is 0 Å². The van der Waals surface area contributed by atoms with Crippen LogP contribution in [0.15, 0.2) is 28.8 Å². The number of aromatic nitrogens is 1. The maximum Gasteiger partial charge on any atom is 0.220 e. The Kier molecular flexibility index (Phi) is 4.89. The maximum absolute atomic E-state index is 13.7. The molecule has 0 spiro atoms. The number of hydrogen-bond donors (Lipinski definition) is 2. The van der Waals surface area contributed by atoms with Gasteiger partial charge >= 0.3 is 0 Å². The zero-order chi connectivity index (χ0) is 17.1. The molecule has 0 bridgehead atoms. The molecule has 0 aliphatic heterocycles. The number of hydrogen-bond acceptors (Lipinski definition) is 4. The smallest absolute Gasteiger partial charge is 0.220 e. The third kappa shape index (κ3) is 4.17. The lowest BCUT2D eigenvalue weighted by molar-refractivity contribution is -0.121. The Hall–Kier alpha value is -2.28. The van der Waals surface area contributed by atoms with Crippen LogP contribution in [0, 0.1) is 17.6 Å². The first kappa shape index (κ1) is 16.6. The van der Waals surface area contributed by atoms with Gasteiger partial charge in [-0.2, -0.15) is 0 Å². The van der Waals surface area contributed by atoms with Gasteiger partial charge in [0.2, 0.25) is 5.91 Å². The van der Waals surface area contributed by atoms with Crippen LogP contribution in [0.2, 0.25) is 0 Å². The zero-order valence-corrected chi connectivity index (χ0v) is 13.1. The van der Waals surface area contributed by atoms with Gasteiger partial charge in [0.15, 0.2) is 11.7 Å². The Labute approximate surface area is 138 Å². The molecule has 1 aromatic carbocycles. The normalized spacial score (nSPS) is 15.3. The van der Waals surface area contributed by atoms with E-state index in [-0.39, 0.29) is 29.7 Å². The first-order chi connectivity index (χ1) is 11.5. The van der Waals surface area contributed by atoms with Gasteiger partial charge in [-0.15, -0.1) is 0 Å². The Morgan fingerprint density at radius 1 is 1.42 bits per heavy atom. The molecule has 1 atom stereocenters. The molecule has 3 rings (SSSR count). The van der Waals surface area contributed by atoms with Crippen molar-refractivity contribution < 1.29 is 18.0 Å². The molecule has 7 heteroatoms. The number of nitrogens with zero attached hydrogens (tertiary/aromatic N) is 1. The molecule has 24 heavy (non-hydrogen) atoms. The molecule has 1 fully saturated rings. The number of nitrogens with one attached hydrogen (secondary N) is 1. The average molecular weight is 335 g/mol. The van der Waals surface area contributed by atoms with Gasteiger partial charge in [-0.05, 0) is 30.9 Å². The third-order valence-corrected chi connectivity index (χ3v) is 4.08. The van der Waals surface area contributed by atoms with Crippen LogP contribution in [0.4, 0.5) is 8.78 Å². The lowest BCUT2D eigenvalue weighted by atomic mass is 10.2. The van der Waals surface area contributed by atoms with E-state index in [9.17, 15) is 13.6 Å². The Balaban J connectivity index is 1.51. The quantitative estimate of drug-likeness (QED) is 0.814. The molecule has 1 saturated carbocycles. The van der Waals surface area contributed by atoms with Crippen LogP contribution < -0.4 is 11.1 Å². The van der Waals surface area contributed by atoms with Gasteiger partial charge in [0.25, 0.3) is 0 Å². The van der Waals surface area contributed by atoms with E-state index in [1.54, 1.807) is 0 Å². The Morgan fingerprint density at radius 3 is 2.92 bits per heavy atom. The molecular formula is C17H19F2N3O2. The van der Waals surface area contributed by atoms with Crippen molar-refractivity contribution >= 4 is 5.91 Å². The highest BCUT2D eigenvalue weighted by molar-refractivity contribution is 5.76. The van der Waals surface area contributed by atoms with Gasteiger partial charge in [-0.25, -0.2) is 13.8 Å². The van der Waals surface area contributed by atoms with E-state index in [2.05, 4.69) is 10.3 Å². The summed E-state index contributed by atoms with van der Waals surface area (Å²) >= 11 is 0. The molecule has 0 radical (unpaired) electrons. The van der Waals surface area contributed by atoms with Crippen LogP contribution in [0.1, 0.15) is 25.2 Å². The summed E-state index contributed by atoms with van der Waals surface area (Å²) in [5.74, 6) is -0.431. The highest BCUT2D eigenvalue weighted by Gasteiger charge is 2.28. The highest BCUT2D eigenvalue weighted by atomic mass is 19.1. The number of halogens is 2. The second kappa shape index (κ2) is 7.09. The molecule has 1 aliphatic carbocycles. The van der Waals surface area contributed by atoms with Crippen LogP contribution in [0.5, 0.6) is 0 Å². The second-order valence-corrected chi connectivity index (χ2v) is 6.05.